The topological polar surface area (TPSA) is 104 Å². The summed E-state index contributed by atoms with van der Waals surface area (Å²) in [5.41, 5.74) is -0.0556. The number of ether oxygens (including phenoxy) is 1. The lowest BCUT2D eigenvalue weighted by atomic mass is 10.4. The molecular weight excluding hydrogens is 192 g/mol. The highest BCUT2D eigenvalue weighted by Crippen LogP contribution is 1.86. The van der Waals surface area contributed by atoms with E-state index in [2.05, 4.69) is 11.3 Å². The van der Waals surface area contributed by atoms with Crippen LogP contribution in [0.5, 0.6) is 0 Å². The second kappa shape index (κ2) is 9.27. The lowest BCUT2D eigenvalue weighted by Gasteiger charge is -1.89. The van der Waals surface area contributed by atoms with Crippen molar-refractivity contribution in [2.75, 3.05) is 6.79 Å². The molecule has 3 N–H and O–H groups in total. The van der Waals surface area contributed by atoms with E-state index in [4.69, 9.17) is 15.3 Å². The number of carbonyl (C=O) groups excluding carboxylic acids is 1. The lowest BCUT2D eigenvalue weighted by molar-refractivity contribution is -0.145. The summed E-state index contributed by atoms with van der Waals surface area (Å²) in [6.07, 6.45) is 1.54. The molecule has 0 saturated carbocycles. The van der Waals surface area contributed by atoms with E-state index in [0.29, 0.717) is 6.26 Å². The molecule has 0 bridgehead atoms. The van der Waals surface area contributed by atoms with Crippen LogP contribution in [0.1, 0.15) is 6.92 Å². The van der Waals surface area contributed by atoms with Gasteiger partial charge in [-0.1, -0.05) is 6.58 Å². The summed E-state index contributed by atoms with van der Waals surface area (Å²) in [6, 6.07) is 0. The number of carboxylic acids is 1. The van der Waals surface area contributed by atoms with Crippen molar-refractivity contribution in [2.24, 2.45) is 0 Å². The zero-order valence-electron chi connectivity index (χ0n) is 7.64. The average Bonchev–Trinajstić information content (AvgIpc) is 2.17. The van der Waals surface area contributed by atoms with Gasteiger partial charge >= 0.3 is 11.9 Å². The summed E-state index contributed by atoms with van der Waals surface area (Å²) in [4.78, 5) is 19.6. The normalized spacial score (nSPS) is 9.43. The largest absolute Gasteiger partial charge is 0.515 e. The Morgan fingerprint density at radius 3 is 2.07 bits per heavy atom. The molecule has 0 aliphatic carbocycles. The highest BCUT2D eigenvalue weighted by molar-refractivity contribution is 5.85. The number of hydrogen-bond acceptors (Lipinski definition) is 5. The Hall–Kier alpha value is -1.82. The molecule has 0 aromatic rings. The molecule has 0 spiro atoms. The molecule has 0 aromatic carbocycles. The molecule has 0 rings (SSSR count). The smallest absolute Gasteiger partial charge is 0.334 e. The van der Waals surface area contributed by atoms with Crippen molar-refractivity contribution in [2.45, 2.75) is 6.92 Å². The highest BCUT2D eigenvalue weighted by atomic mass is 16.6. The molecule has 0 unspecified atom stereocenters. The van der Waals surface area contributed by atoms with Crippen molar-refractivity contribution in [3.05, 3.63) is 24.5 Å². The van der Waals surface area contributed by atoms with Gasteiger partial charge in [-0.15, -0.1) is 0 Å². The SMILES string of the molecule is C=CC(=O)OCO.CC(=CO)C(=O)O. The lowest BCUT2D eigenvalue weighted by Crippen LogP contribution is -1.99. The first-order valence-electron chi connectivity index (χ1n) is 3.43. The molecule has 0 atom stereocenters. The quantitative estimate of drug-likeness (QED) is 0.262. The van der Waals surface area contributed by atoms with Crippen molar-refractivity contribution in [3.63, 3.8) is 0 Å². The van der Waals surface area contributed by atoms with Gasteiger partial charge < -0.3 is 20.1 Å². The Morgan fingerprint density at radius 2 is 2.00 bits per heavy atom. The first-order chi connectivity index (χ1) is 6.49. The van der Waals surface area contributed by atoms with Crippen LogP contribution in [0.2, 0.25) is 0 Å². The number of aliphatic hydroxyl groups is 2. The number of esters is 1. The molecule has 0 fully saturated rings. The Labute approximate surface area is 80.7 Å². The molecule has 0 heterocycles. The van der Waals surface area contributed by atoms with Crippen molar-refractivity contribution < 1.29 is 29.6 Å². The second-order valence-corrected chi connectivity index (χ2v) is 1.91. The predicted octanol–water partition coefficient (Wildman–Crippen LogP) is 0.198. The highest BCUT2D eigenvalue weighted by Gasteiger charge is 1.95. The van der Waals surface area contributed by atoms with E-state index >= 15 is 0 Å². The minimum atomic E-state index is -1.09. The van der Waals surface area contributed by atoms with Crippen LogP contribution < -0.4 is 0 Å². The standard InChI is InChI=1S/2C4H6O3/c1-3(2-5)4(6)7;1-2-4(6)7-3-5/h2,5H,1H3,(H,6,7);2,5H,1,3H2. The molecule has 80 valence electrons. The molecule has 0 radical (unpaired) electrons. The van der Waals surface area contributed by atoms with Crippen molar-refractivity contribution >= 4 is 11.9 Å². The first-order valence-corrected chi connectivity index (χ1v) is 3.43. The second-order valence-electron chi connectivity index (χ2n) is 1.91. The van der Waals surface area contributed by atoms with Gasteiger partial charge in [0.05, 0.1) is 11.8 Å². The van der Waals surface area contributed by atoms with Gasteiger partial charge in [-0.2, -0.15) is 0 Å². The van der Waals surface area contributed by atoms with Gasteiger partial charge in [0.25, 0.3) is 0 Å². The van der Waals surface area contributed by atoms with E-state index in [0.717, 1.165) is 6.08 Å². The van der Waals surface area contributed by atoms with Crippen molar-refractivity contribution in [1.29, 1.82) is 0 Å². The van der Waals surface area contributed by atoms with Crippen molar-refractivity contribution in [1.82, 2.24) is 0 Å². The van der Waals surface area contributed by atoms with Crippen LogP contribution in [0.4, 0.5) is 0 Å². The summed E-state index contributed by atoms with van der Waals surface area (Å²) in [6.45, 7) is 3.82. The summed E-state index contributed by atoms with van der Waals surface area (Å²) in [7, 11) is 0. The molecular formula is C8H12O6. The van der Waals surface area contributed by atoms with Crippen LogP contribution in [0.15, 0.2) is 24.5 Å². The monoisotopic (exact) mass is 204 g/mol. The maximum atomic E-state index is 9.91. The van der Waals surface area contributed by atoms with Gasteiger partial charge in [0.1, 0.15) is 0 Å². The average molecular weight is 204 g/mol. The van der Waals surface area contributed by atoms with Crippen LogP contribution in [-0.2, 0) is 14.3 Å². The molecule has 6 heteroatoms. The van der Waals surface area contributed by atoms with E-state index in [9.17, 15) is 9.59 Å². The molecule has 0 aliphatic rings. The van der Waals surface area contributed by atoms with E-state index in [1.54, 1.807) is 0 Å². The zero-order chi connectivity index (χ0) is 11.6. The van der Waals surface area contributed by atoms with Crippen LogP contribution in [-0.4, -0.2) is 34.1 Å². The third kappa shape index (κ3) is 10.2. The number of aliphatic hydroxyl groups excluding tert-OH is 2. The molecule has 0 aromatic heterocycles. The Bertz CT molecular complexity index is 230. The minimum absolute atomic E-state index is 0.0556. The van der Waals surface area contributed by atoms with Crippen LogP contribution in [0.25, 0.3) is 0 Å². The Morgan fingerprint density at radius 1 is 1.50 bits per heavy atom. The van der Waals surface area contributed by atoms with Crippen LogP contribution in [0, 0.1) is 0 Å². The third-order valence-electron chi connectivity index (χ3n) is 0.904. The zero-order valence-corrected chi connectivity index (χ0v) is 7.64. The van der Waals surface area contributed by atoms with Gasteiger partial charge in [0.15, 0.2) is 6.79 Å². The maximum absolute atomic E-state index is 9.91. The van der Waals surface area contributed by atoms with Gasteiger partial charge in [-0.25, -0.2) is 9.59 Å². The molecule has 0 saturated heterocycles. The molecule has 0 amide bonds. The number of aliphatic carboxylic acids is 1. The predicted molar refractivity (Wildman–Crippen MR) is 47.4 cm³/mol. The third-order valence-corrected chi connectivity index (χ3v) is 0.904. The number of carbonyl (C=O) groups is 2. The van der Waals surface area contributed by atoms with E-state index in [1.807, 2.05) is 0 Å². The first kappa shape index (κ1) is 14.7. The molecule has 14 heavy (non-hydrogen) atoms. The fourth-order valence-corrected chi connectivity index (χ4v) is 0.178. The number of hydrogen-bond donors (Lipinski definition) is 3. The Balaban J connectivity index is 0. The van der Waals surface area contributed by atoms with Gasteiger partial charge in [0, 0.05) is 6.08 Å². The minimum Gasteiger partial charge on any atom is -0.515 e. The number of carboxylic acid groups (broad SMARTS) is 1. The summed E-state index contributed by atoms with van der Waals surface area (Å²) in [5.74, 6) is -1.70. The van der Waals surface area contributed by atoms with E-state index in [-0.39, 0.29) is 5.57 Å². The number of rotatable bonds is 3. The van der Waals surface area contributed by atoms with Gasteiger partial charge in [0.2, 0.25) is 0 Å². The summed E-state index contributed by atoms with van der Waals surface area (Å²) in [5, 5.41) is 23.8. The van der Waals surface area contributed by atoms with Gasteiger partial charge in [-0.3, -0.25) is 0 Å². The summed E-state index contributed by atoms with van der Waals surface area (Å²) >= 11 is 0. The Kier molecular flexibility index (Phi) is 9.73. The van der Waals surface area contributed by atoms with Crippen LogP contribution in [0.3, 0.4) is 0 Å². The van der Waals surface area contributed by atoms with E-state index < -0.39 is 18.7 Å². The summed E-state index contributed by atoms with van der Waals surface area (Å²) < 4.78 is 3.99. The molecule has 6 nitrogen and oxygen atoms in total. The van der Waals surface area contributed by atoms with E-state index in [1.165, 1.54) is 6.92 Å². The van der Waals surface area contributed by atoms with Gasteiger partial charge in [-0.05, 0) is 6.92 Å². The fraction of sp³-hybridized carbons (Fsp3) is 0.250. The van der Waals surface area contributed by atoms with Crippen molar-refractivity contribution in [3.8, 4) is 0 Å². The molecule has 0 aliphatic heterocycles. The van der Waals surface area contributed by atoms with Crippen LogP contribution >= 0.6 is 0 Å². The fourth-order valence-electron chi connectivity index (χ4n) is 0.178. The maximum Gasteiger partial charge on any atom is 0.334 e.